The molecular weight excluding hydrogens is 539 g/mol. The van der Waals surface area contributed by atoms with E-state index in [4.69, 9.17) is 32.9 Å². The molecule has 198 valence electrons. The zero-order chi connectivity index (χ0) is 28.0. The maximum absolute atomic E-state index is 14.1. The van der Waals surface area contributed by atoms with Gasteiger partial charge in [-0.15, -0.1) is 0 Å². The fraction of sp³-hybridized carbons (Fsp3) is 0.250. The van der Waals surface area contributed by atoms with Gasteiger partial charge in [0.05, 0.1) is 47.8 Å². The molecule has 0 saturated heterocycles. The van der Waals surface area contributed by atoms with Crippen molar-refractivity contribution in [3.63, 3.8) is 0 Å². The van der Waals surface area contributed by atoms with Crippen molar-refractivity contribution in [2.45, 2.75) is 32.4 Å². The zero-order valence-corrected chi connectivity index (χ0v) is 23.2. The van der Waals surface area contributed by atoms with Gasteiger partial charge in [-0.2, -0.15) is 5.26 Å². The lowest BCUT2D eigenvalue weighted by Gasteiger charge is -2.28. The molecule has 1 aliphatic heterocycles. The minimum Gasteiger partial charge on any atom is -0.494 e. The normalized spacial score (nSPS) is 14.6. The molecule has 0 N–H and O–H groups in total. The van der Waals surface area contributed by atoms with Crippen LogP contribution in [0.4, 0.5) is 5.69 Å². The molecule has 1 atom stereocenters. The van der Waals surface area contributed by atoms with Crippen molar-refractivity contribution in [1.82, 2.24) is 19.1 Å². The fourth-order valence-electron chi connectivity index (χ4n) is 4.96. The number of nitrogens with zero attached hydrogens (tertiary/aromatic N) is 6. The Morgan fingerprint density at radius 2 is 1.85 bits per heavy atom. The Hall–Kier alpha value is -4.13. The summed E-state index contributed by atoms with van der Waals surface area (Å²) < 4.78 is 8.90. The molecule has 5 rings (SSSR count). The monoisotopic (exact) mass is 562 g/mol. The molecule has 0 fully saturated rings. The molecule has 1 unspecified atom stereocenters. The molecule has 4 aromatic rings. The first-order chi connectivity index (χ1) is 18.7. The van der Waals surface area contributed by atoms with Crippen molar-refractivity contribution in [1.29, 1.82) is 5.26 Å². The fourth-order valence-corrected chi connectivity index (χ4v) is 5.33. The standard InChI is InChI=1S/C28H24Cl2N6O3/c1-15(2)35-25-23(33-26(35)20-12-19(9-10-31)32-13-22(20)39-4)28(38)36(21-11-18(30)14-34(3)27(21)37)24(25)16-5-7-17(29)8-6-16/h5-8,11-15,24H,9H2,1-4H3. The summed E-state index contributed by atoms with van der Waals surface area (Å²) in [5, 5.41) is 10.1. The van der Waals surface area contributed by atoms with E-state index >= 15 is 0 Å². The van der Waals surface area contributed by atoms with Gasteiger partial charge in [-0.1, -0.05) is 35.3 Å². The van der Waals surface area contributed by atoms with E-state index in [-0.39, 0.29) is 29.4 Å². The molecule has 0 saturated carbocycles. The van der Waals surface area contributed by atoms with Crippen LogP contribution >= 0.6 is 23.2 Å². The molecule has 39 heavy (non-hydrogen) atoms. The second kappa shape index (κ2) is 10.2. The summed E-state index contributed by atoms with van der Waals surface area (Å²) in [6, 6.07) is 11.7. The molecule has 1 aromatic carbocycles. The number of benzene rings is 1. The third kappa shape index (κ3) is 4.46. The predicted octanol–water partition coefficient (Wildman–Crippen LogP) is 5.36. The molecule has 9 nitrogen and oxygen atoms in total. The van der Waals surface area contributed by atoms with Gasteiger partial charge in [-0.3, -0.25) is 19.5 Å². The summed E-state index contributed by atoms with van der Waals surface area (Å²) in [6.45, 7) is 3.97. The van der Waals surface area contributed by atoms with Crippen LogP contribution in [0.1, 0.15) is 53.4 Å². The van der Waals surface area contributed by atoms with E-state index in [0.29, 0.717) is 38.6 Å². The number of anilines is 1. The first-order valence-electron chi connectivity index (χ1n) is 12.1. The Balaban J connectivity index is 1.82. The Bertz CT molecular complexity index is 1700. The highest BCUT2D eigenvalue weighted by molar-refractivity contribution is 6.31. The van der Waals surface area contributed by atoms with Crippen LogP contribution in [0.3, 0.4) is 0 Å². The van der Waals surface area contributed by atoms with E-state index in [1.54, 1.807) is 31.4 Å². The van der Waals surface area contributed by atoms with Crippen LogP contribution < -0.4 is 15.2 Å². The lowest BCUT2D eigenvalue weighted by atomic mass is 10.0. The maximum atomic E-state index is 14.1. The van der Waals surface area contributed by atoms with Crippen LogP contribution in [0.25, 0.3) is 11.4 Å². The first-order valence-corrected chi connectivity index (χ1v) is 12.9. The Kier molecular flexibility index (Phi) is 6.93. The van der Waals surface area contributed by atoms with Crippen LogP contribution in [0.5, 0.6) is 5.75 Å². The van der Waals surface area contributed by atoms with Crippen molar-refractivity contribution in [3.05, 3.63) is 91.8 Å². The summed E-state index contributed by atoms with van der Waals surface area (Å²) in [6.07, 6.45) is 3.15. The van der Waals surface area contributed by atoms with Gasteiger partial charge >= 0.3 is 0 Å². The van der Waals surface area contributed by atoms with E-state index < -0.39 is 11.9 Å². The average Bonchev–Trinajstić information content (AvgIpc) is 3.42. The van der Waals surface area contributed by atoms with Crippen LogP contribution in [0, 0.1) is 11.3 Å². The maximum Gasteiger partial charge on any atom is 0.279 e. The number of carbonyl (C=O) groups is 1. The quantitative estimate of drug-likeness (QED) is 0.313. The largest absolute Gasteiger partial charge is 0.494 e. The Morgan fingerprint density at radius 3 is 2.49 bits per heavy atom. The molecule has 1 aliphatic rings. The van der Waals surface area contributed by atoms with Crippen molar-refractivity contribution in [3.8, 4) is 23.2 Å². The predicted molar refractivity (Wildman–Crippen MR) is 149 cm³/mol. The lowest BCUT2D eigenvalue weighted by molar-refractivity contribution is 0.0989. The Labute approximate surface area is 234 Å². The van der Waals surface area contributed by atoms with Crippen LogP contribution in [-0.2, 0) is 13.5 Å². The lowest BCUT2D eigenvalue weighted by Crippen LogP contribution is -2.36. The van der Waals surface area contributed by atoms with Crippen molar-refractivity contribution < 1.29 is 9.53 Å². The molecule has 0 radical (unpaired) electrons. The Morgan fingerprint density at radius 1 is 1.13 bits per heavy atom. The van der Waals surface area contributed by atoms with Crippen LogP contribution in [-0.4, -0.2) is 32.1 Å². The van der Waals surface area contributed by atoms with E-state index in [2.05, 4.69) is 11.1 Å². The minimum absolute atomic E-state index is 0.108. The van der Waals surface area contributed by atoms with E-state index in [9.17, 15) is 14.9 Å². The minimum atomic E-state index is -0.689. The number of fused-ring (bicyclic) bond motifs is 1. The number of rotatable bonds is 6. The molecule has 4 heterocycles. The topological polar surface area (TPSA) is 106 Å². The van der Waals surface area contributed by atoms with Gasteiger partial charge in [0.2, 0.25) is 0 Å². The van der Waals surface area contributed by atoms with Crippen LogP contribution in [0.2, 0.25) is 10.0 Å². The number of nitriles is 1. The average molecular weight is 563 g/mol. The van der Waals surface area contributed by atoms with Crippen molar-refractivity contribution >= 4 is 34.8 Å². The van der Waals surface area contributed by atoms with Crippen molar-refractivity contribution in [2.75, 3.05) is 12.0 Å². The van der Waals surface area contributed by atoms with Gasteiger partial charge < -0.3 is 13.9 Å². The molecule has 0 aliphatic carbocycles. The number of imidazole rings is 1. The first kappa shape index (κ1) is 26.5. The summed E-state index contributed by atoms with van der Waals surface area (Å²) >= 11 is 12.5. The third-order valence-electron chi connectivity index (χ3n) is 6.62. The number of methoxy groups -OCH3 is 1. The second-order valence-corrected chi connectivity index (χ2v) is 10.3. The number of aromatic nitrogens is 4. The number of pyridine rings is 2. The highest BCUT2D eigenvalue weighted by atomic mass is 35.5. The number of aryl methyl sites for hydroxylation is 1. The summed E-state index contributed by atoms with van der Waals surface area (Å²) in [5.41, 5.74) is 2.50. The summed E-state index contributed by atoms with van der Waals surface area (Å²) in [7, 11) is 3.11. The van der Waals surface area contributed by atoms with E-state index in [1.807, 2.05) is 30.5 Å². The molecule has 0 spiro atoms. The molecule has 1 amide bonds. The number of halogens is 2. The molecule has 11 heteroatoms. The van der Waals surface area contributed by atoms with Gasteiger partial charge in [0.15, 0.2) is 5.69 Å². The second-order valence-electron chi connectivity index (χ2n) is 9.43. The van der Waals surface area contributed by atoms with Crippen LogP contribution in [0.15, 0.2) is 53.6 Å². The number of hydrogen-bond donors (Lipinski definition) is 0. The van der Waals surface area contributed by atoms with Gasteiger partial charge in [-0.25, -0.2) is 4.98 Å². The van der Waals surface area contributed by atoms with Gasteiger partial charge in [-0.05, 0) is 43.7 Å². The molecule has 3 aromatic heterocycles. The smallest absolute Gasteiger partial charge is 0.279 e. The molecule has 0 bridgehead atoms. The van der Waals surface area contributed by atoms with Gasteiger partial charge in [0.25, 0.3) is 11.5 Å². The van der Waals surface area contributed by atoms with Crippen molar-refractivity contribution in [2.24, 2.45) is 7.05 Å². The third-order valence-corrected chi connectivity index (χ3v) is 7.08. The summed E-state index contributed by atoms with van der Waals surface area (Å²) in [4.78, 5) is 38.0. The van der Waals surface area contributed by atoms with Gasteiger partial charge in [0.1, 0.15) is 23.3 Å². The number of carbonyl (C=O) groups excluding carboxylic acids is 1. The number of ether oxygens (including phenoxy) is 1. The number of hydrogen-bond acceptors (Lipinski definition) is 6. The highest BCUT2D eigenvalue weighted by Gasteiger charge is 2.46. The van der Waals surface area contributed by atoms with E-state index in [0.717, 1.165) is 5.56 Å². The van der Waals surface area contributed by atoms with E-state index in [1.165, 1.54) is 28.8 Å². The molecular formula is C28H24Cl2N6O3. The highest BCUT2D eigenvalue weighted by Crippen LogP contribution is 2.45. The SMILES string of the molecule is COc1cnc(CC#N)cc1-c1nc2c(n1C(C)C)C(c1ccc(Cl)cc1)N(c1cc(Cl)cn(C)c1=O)C2=O. The van der Waals surface area contributed by atoms with Gasteiger partial charge in [0, 0.05) is 24.3 Å². The number of amides is 1. The zero-order valence-electron chi connectivity index (χ0n) is 21.6. The summed E-state index contributed by atoms with van der Waals surface area (Å²) in [5.74, 6) is 0.521.